The van der Waals surface area contributed by atoms with Gasteiger partial charge in [-0.1, -0.05) is 20.8 Å². The highest BCUT2D eigenvalue weighted by Crippen LogP contribution is 2.34. The van der Waals surface area contributed by atoms with Gasteiger partial charge in [0.1, 0.15) is 0 Å². The Bertz CT molecular complexity index is 189. The molecule has 0 aromatic carbocycles. The molecule has 0 aromatic rings. The minimum atomic E-state index is -0.667. The van der Waals surface area contributed by atoms with E-state index in [1.165, 1.54) is 0 Å². The van der Waals surface area contributed by atoms with Crippen LogP contribution in [-0.4, -0.2) is 24.2 Å². The van der Waals surface area contributed by atoms with E-state index in [0.717, 1.165) is 6.54 Å². The average molecular weight is 208 g/mol. The summed E-state index contributed by atoms with van der Waals surface area (Å²) < 4.78 is 0. The zero-order chi connectivity index (χ0) is 9.35. The van der Waals surface area contributed by atoms with Crippen molar-refractivity contribution >= 4 is 18.4 Å². The predicted molar refractivity (Wildman–Crippen MR) is 54.2 cm³/mol. The number of carboxylic acids is 1. The van der Waals surface area contributed by atoms with Crippen molar-refractivity contribution in [3.63, 3.8) is 0 Å². The van der Waals surface area contributed by atoms with Crippen LogP contribution in [0.5, 0.6) is 0 Å². The van der Waals surface area contributed by atoms with Crippen molar-refractivity contribution in [1.82, 2.24) is 5.32 Å². The first-order valence-corrected chi connectivity index (χ1v) is 4.36. The number of halogens is 1. The maximum absolute atomic E-state index is 10.8. The second-order valence-electron chi connectivity index (χ2n) is 4.58. The lowest BCUT2D eigenvalue weighted by atomic mass is 9.75. The lowest BCUT2D eigenvalue weighted by Crippen LogP contribution is -2.31. The monoisotopic (exact) mass is 207 g/mol. The van der Waals surface area contributed by atoms with Gasteiger partial charge >= 0.3 is 5.97 Å². The smallest absolute Gasteiger partial charge is 0.308 e. The topological polar surface area (TPSA) is 49.3 Å². The molecule has 0 bridgehead atoms. The highest BCUT2D eigenvalue weighted by Gasteiger charge is 2.39. The van der Waals surface area contributed by atoms with Crippen molar-refractivity contribution in [2.75, 3.05) is 13.1 Å². The fraction of sp³-hybridized carbons (Fsp3) is 0.889. The second kappa shape index (κ2) is 4.29. The van der Waals surface area contributed by atoms with Crippen molar-refractivity contribution in [1.29, 1.82) is 0 Å². The summed E-state index contributed by atoms with van der Waals surface area (Å²) in [5.74, 6) is -0.611. The number of carboxylic acid groups (broad SMARTS) is 1. The minimum Gasteiger partial charge on any atom is -0.481 e. The van der Waals surface area contributed by atoms with Crippen molar-refractivity contribution in [3.05, 3.63) is 0 Å². The second-order valence-corrected chi connectivity index (χ2v) is 4.58. The maximum Gasteiger partial charge on any atom is 0.308 e. The number of hydrogen-bond acceptors (Lipinski definition) is 2. The van der Waals surface area contributed by atoms with Crippen LogP contribution < -0.4 is 5.32 Å². The van der Waals surface area contributed by atoms with Gasteiger partial charge in [-0.3, -0.25) is 4.79 Å². The molecule has 0 saturated carbocycles. The number of hydrogen-bond donors (Lipinski definition) is 2. The fourth-order valence-corrected chi connectivity index (χ4v) is 1.85. The van der Waals surface area contributed by atoms with Crippen molar-refractivity contribution in [3.8, 4) is 0 Å². The van der Waals surface area contributed by atoms with E-state index in [9.17, 15) is 4.79 Å². The molecule has 1 rings (SSSR count). The first kappa shape index (κ1) is 12.7. The van der Waals surface area contributed by atoms with Crippen LogP contribution in [0, 0.1) is 17.3 Å². The highest BCUT2D eigenvalue weighted by atomic mass is 35.5. The van der Waals surface area contributed by atoms with Crippen molar-refractivity contribution in [2.24, 2.45) is 17.3 Å². The van der Waals surface area contributed by atoms with Crippen molar-refractivity contribution < 1.29 is 9.90 Å². The van der Waals surface area contributed by atoms with E-state index in [4.69, 9.17) is 5.11 Å². The van der Waals surface area contributed by atoms with Crippen LogP contribution in [-0.2, 0) is 4.79 Å². The third kappa shape index (κ3) is 2.85. The van der Waals surface area contributed by atoms with Gasteiger partial charge in [0.15, 0.2) is 0 Å². The van der Waals surface area contributed by atoms with E-state index < -0.39 is 5.97 Å². The summed E-state index contributed by atoms with van der Waals surface area (Å²) in [7, 11) is 0. The first-order chi connectivity index (χ1) is 5.43. The summed E-state index contributed by atoms with van der Waals surface area (Å²) >= 11 is 0. The number of nitrogens with one attached hydrogen (secondary N) is 1. The largest absolute Gasteiger partial charge is 0.481 e. The summed E-state index contributed by atoms with van der Waals surface area (Å²) in [5.41, 5.74) is 0.0898. The summed E-state index contributed by atoms with van der Waals surface area (Å²) in [4.78, 5) is 10.8. The molecule has 2 atom stereocenters. The normalized spacial score (nSPS) is 28.2. The molecule has 0 spiro atoms. The Morgan fingerprint density at radius 1 is 1.38 bits per heavy atom. The fourth-order valence-electron chi connectivity index (χ4n) is 1.85. The minimum absolute atomic E-state index is 0. The van der Waals surface area contributed by atoms with E-state index in [1.807, 2.05) is 0 Å². The Morgan fingerprint density at radius 3 is 2.23 bits per heavy atom. The molecule has 13 heavy (non-hydrogen) atoms. The quantitative estimate of drug-likeness (QED) is 0.683. The van der Waals surface area contributed by atoms with Crippen LogP contribution in [0.4, 0.5) is 0 Å². The molecule has 1 aliphatic rings. The van der Waals surface area contributed by atoms with Gasteiger partial charge in [0.25, 0.3) is 0 Å². The molecule has 1 saturated heterocycles. The molecule has 1 heterocycles. The number of aliphatic carboxylic acids is 1. The Hall–Kier alpha value is -0.280. The van der Waals surface area contributed by atoms with Gasteiger partial charge in [-0.05, 0) is 17.9 Å². The molecule has 0 aliphatic carbocycles. The van der Waals surface area contributed by atoms with Crippen LogP contribution in [0.2, 0.25) is 0 Å². The molecular formula is C9H18ClNO2. The molecule has 0 amide bonds. The van der Waals surface area contributed by atoms with Crippen LogP contribution in [0.25, 0.3) is 0 Å². The van der Waals surface area contributed by atoms with E-state index >= 15 is 0 Å². The zero-order valence-corrected chi connectivity index (χ0v) is 9.15. The van der Waals surface area contributed by atoms with Crippen LogP contribution in [0.1, 0.15) is 20.8 Å². The summed E-state index contributed by atoms with van der Waals surface area (Å²) in [6.07, 6.45) is 0. The Morgan fingerprint density at radius 2 is 1.92 bits per heavy atom. The summed E-state index contributed by atoms with van der Waals surface area (Å²) in [6, 6.07) is 0. The molecule has 0 unspecified atom stereocenters. The van der Waals surface area contributed by atoms with E-state index in [-0.39, 0.29) is 29.7 Å². The standard InChI is InChI=1S/C9H17NO2.ClH/c1-9(2,3)7-5-10-4-6(7)8(11)12;/h6-7,10H,4-5H2,1-3H3,(H,11,12);1H/t6-,7-;/m1./s1. The Kier molecular flexibility index (Phi) is 4.20. The van der Waals surface area contributed by atoms with E-state index in [2.05, 4.69) is 26.1 Å². The third-order valence-electron chi connectivity index (χ3n) is 2.64. The van der Waals surface area contributed by atoms with Gasteiger partial charge in [-0.2, -0.15) is 0 Å². The maximum atomic E-state index is 10.8. The van der Waals surface area contributed by atoms with Crippen LogP contribution in [0.15, 0.2) is 0 Å². The van der Waals surface area contributed by atoms with E-state index in [1.54, 1.807) is 0 Å². The summed E-state index contributed by atoms with van der Waals surface area (Å²) in [5, 5.41) is 12.0. The van der Waals surface area contributed by atoms with Crippen molar-refractivity contribution in [2.45, 2.75) is 20.8 Å². The van der Waals surface area contributed by atoms with Gasteiger partial charge in [0, 0.05) is 6.54 Å². The van der Waals surface area contributed by atoms with E-state index in [0.29, 0.717) is 6.54 Å². The molecule has 0 aromatic heterocycles. The number of rotatable bonds is 1. The van der Waals surface area contributed by atoms with Gasteiger partial charge in [-0.15, -0.1) is 12.4 Å². The lowest BCUT2D eigenvalue weighted by Gasteiger charge is -2.29. The van der Waals surface area contributed by atoms with Crippen LogP contribution in [0.3, 0.4) is 0 Å². The molecule has 1 fully saturated rings. The van der Waals surface area contributed by atoms with Gasteiger partial charge in [0.05, 0.1) is 5.92 Å². The Labute approximate surface area is 85.3 Å². The molecule has 4 heteroatoms. The SMILES string of the molecule is CC(C)(C)[C@@H]1CNC[C@H]1C(=O)O.Cl. The van der Waals surface area contributed by atoms with Gasteiger partial charge < -0.3 is 10.4 Å². The zero-order valence-electron chi connectivity index (χ0n) is 8.33. The highest BCUT2D eigenvalue weighted by molar-refractivity contribution is 5.85. The predicted octanol–water partition coefficient (Wildman–Crippen LogP) is 1.37. The molecule has 78 valence electrons. The Balaban J connectivity index is 0.00000144. The molecule has 0 radical (unpaired) electrons. The molecular weight excluding hydrogens is 190 g/mol. The molecule has 1 aliphatic heterocycles. The van der Waals surface area contributed by atoms with Crippen LogP contribution >= 0.6 is 12.4 Å². The summed E-state index contributed by atoms with van der Waals surface area (Å²) in [6.45, 7) is 7.75. The van der Waals surface area contributed by atoms with Gasteiger partial charge in [0.2, 0.25) is 0 Å². The molecule has 3 nitrogen and oxygen atoms in total. The lowest BCUT2D eigenvalue weighted by molar-refractivity contribution is -0.143. The molecule has 2 N–H and O–H groups in total. The first-order valence-electron chi connectivity index (χ1n) is 4.36. The average Bonchev–Trinajstić information content (AvgIpc) is 2.30. The number of carbonyl (C=O) groups is 1. The third-order valence-corrected chi connectivity index (χ3v) is 2.64. The van der Waals surface area contributed by atoms with Gasteiger partial charge in [-0.25, -0.2) is 0 Å².